The molecule has 2 heterocycles. The van der Waals surface area contributed by atoms with Crippen LogP contribution in [0.5, 0.6) is 5.75 Å². The molecule has 0 spiro atoms. The summed E-state index contributed by atoms with van der Waals surface area (Å²) in [7, 11) is 0. The largest absolute Gasteiger partial charge is 0.491 e. The Balaban J connectivity index is 0.983. The number of hydrogen-bond acceptors (Lipinski definition) is 8. The van der Waals surface area contributed by atoms with Crippen LogP contribution < -0.4 is 21.1 Å². The van der Waals surface area contributed by atoms with E-state index in [4.69, 9.17) is 18.9 Å². The van der Waals surface area contributed by atoms with Crippen molar-refractivity contribution in [1.82, 2.24) is 15.0 Å². The molecule has 39 heavy (non-hydrogen) atoms. The predicted molar refractivity (Wildman–Crippen MR) is 149 cm³/mol. The van der Waals surface area contributed by atoms with E-state index in [0.717, 1.165) is 33.7 Å². The number of hydrogen-bond donors (Lipinski definition) is 4. The number of pyridine rings is 1. The topological polar surface area (TPSA) is 140 Å². The summed E-state index contributed by atoms with van der Waals surface area (Å²) in [4.78, 5) is 32.4. The molecule has 0 fully saturated rings. The molecule has 11 nitrogen and oxygen atoms in total. The Morgan fingerprint density at radius 3 is 2.15 bits per heavy atom. The van der Waals surface area contributed by atoms with Crippen molar-refractivity contribution < 1.29 is 23.7 Å². The summed E-state index contributed by atoms with van der Waals surface area (Å²) >= 11 is 0. The molecule has 0 saturated heterocycles. The fourth-order valence-corrected chi connectivity index (χ4v) is 3.73. The SMILES string of the molecule is CC(=O)Nc1ccc(OCCOCCOCCOCCNc2ccc(-c3ccc4[nH]c(=O)[nH]c4c3)cn2)cc1. The summed E-state index contributed by atoms with van der Waals surface area (Å²) in [5.74, 6) is 1.37. The molecule has 0 aliphatic rings. The number of rotatable bonds is 16. The number of H-pyrrole nitrogens is 2. The lowest BCUT2D eigenvalue weighted by Gasteiger charge is -2.09. The van der Waals surface area contributed by atoms with Gasteiger partial charge >= 0.3 is 5.69 Å². The molecule has 2 aromatic carbocycles. The Bertz CT molecular complexity index is 1370. The van der Waals surface area contributed by atoms with E-state index < -0.39 is 0 Å². The zero-order chi connectivity index (χ0) is 27.3. The highest BCUT2D eigenvalue weighted by molar-refractivity contribution is 5.88. The molecule has 0 unspecified atom stereocenters. The van der Waals surface area contributed by atoms with Gasteiger partial charge in [0.25, 0.3) is 0 Å². The standard InChI is InChI=1S/C28H33N5O6/c1-20(34)31-23-4-6-24(7-5-23)39-17-16-38-15-14-37-13-12-36-11-10-29-27-9-3-22(19-30-27)21-2-8-25-26(18-21)33-28(35)32-25/h2-9,18-19H,10-17H2,1H3,(H,29,30)(H,31,34)(H2,32,33,35). The zero-order valence-electron chi connectivity index (χ0n) is 21.8. The second kappa shape index (κ2) is 14.7. The van der Waals surface area contributed by atoms with Crippen molar-refractivity contribution in [1.29, 1.82) is 0 Å². The number of fused-ring (bicyclic) bond motifs is 1. The highest BCUT2D eigenvalue weighted by atomic mass is 16.6. The maximum atomic E-state index is 11.4. The molecular formula is C28H33N5O6. The summed E-state index contributed by atoms with van der Waals surface area (Å²) in [5, 5.41) is 5.94. The molecule has 206 valence electrons. The molecule has 0 bridgehead atoms. The van der Waals surface area contributed by atoms with Crippen LogP contribution >= 0.6 is 0 Å². The zero-order valence-corrected chi connectivity index (χ0v) is 21.8. The molecule has 11 heteroatoms. The smallest absolute Gasteiger partial charge is 0.323 e. The van der Waals surface area contributed by atoms with Gasteiger partial charge < -0.3 is 39.5 Å². The van der Waals surface area contributed by atoms with E-state index in [1.807, 2.05) is 30.3 Å². The van der Waals surface area contributed by atoms with Gasteiger partial charge in [-0.05, 0) is 54.1 Å². The molecule has 0 radical (unpaired) electrons. The molecule has 4 N–H and O–H groups in total. The molecule has 0 aliphatic carbocycles. The minimum atomic E-state index is -0.217. The van der Waals surface area contributed by atoms with Gasteiger partial charge in [-0.15, -0.1) is 0 Å². The van der Waals surface area contributed by atoms with Crippen molar-refractivity contribution >= 4 is 28.4 Å². The van der Waals surface area contributed by atoms with Crippen molar-refractivity contribution in [2.24, 2.45) is 0 Å². The number of benzene rings is 2. The van der Waals surface area contributed by atoms with E-state index in [2.05, 4.69) is 25.6 Å². The van der Waals surface area contributed by atoms with Crippen LogP contribution in [-0.2, 0) is 19.0 Å². The summed E-state index contributed by atoms with van der Waals surface area (Å²) < 4.78 is 22.2. The third-order valence-corrected chi connectivity index (χ3v) is 5.58. The number of aromatic amines is 2. The third-order valence-electron chi connectivity index (χ3n) is 5.58. The van der Waals surface area contributed by atoms with Gasteiger partial charge in [0.05, 0.1) is 50.7 Å². The summed E-state index contributed by atoms with van der Waals surface area (Å²) in [5.41, 5.74) is 4.00. The van der Waals surface area contributed by atoms with E-state index in [0.29, 0.717) is 58.5 Å². The summed E-state index contributed by atoms with van der Waals surface area (Å²) in [6.45, 7) is 5.46. The van der Waals surface area contributed by atoms with Crippen LogP contribution in [0.2, 0.25) is 0 Å². The quantitative estimate of drug-likeness (QED) is 0.160. The highest BCUT2D eigenvalue weighted by Gasteiger charge is 2.04. The van der Waals surface area contributed by atoms with E-state index in [-0.39, 0.29) is 11.6 Å². The fraction of sp³-hybridized carbons (Fsp3) is 0.321. The predicted octanol–water partition coefficient (Wildman–Crippen LogP) is 3.42. The Labute approximate surface area is 225 Å². The summed E-state index contributed by atoms with van der Waals surface area (Å²) in [6.07, 6.45) is 1.80. The van der Waals surface area contributed by atoms with Gasteiger partial charge in [0.1, 0.15) is 18.2 Å². The minimum absolute atomic E-state index is 0.108. The average Bonchev–Trinajstić information content (AvgIpc) is 3.31. The Morgan fingerprint density at radius 1 is 0.795 bits per heavy atom. The van der Waals surface area contributed by atoms with E-state index in [9.17, 15) is 9.59 Å². The normalized spacial score (nSPS) is 11.0. The number of imidazole rings is 1. The molecule has 4 aromatic rings. The number of amides is 1. The van der Waals surface area contributed by atoms with Gasteiger partial charge in [0.2, 0.25) is 5.91 Å². The van der Waals surface area contributed by atoms with Crippen molar-refractivity contribution in [2.45, 2.75) is 6.92 Å². The summed E-state index contributed by atoms with van der Waals surface area (Å²) in [6, 6.07) is 16.8. The van der Waals surface area contributed by atoms with Gasteiger partial charge in [-0.1, -0.05) is 6.07 Å². The number of nitrogens with zero attached hydrogens (tertiary/aromatic N) is 1. The first-order chi connectivity index (χ1) is 19.1. The lowest BCUT2D eigenvalue weighted by Crippen LogP contribution is -2.15. The molecule has 0 saturated carbocycles. The van der Waals surface area contributed by atoms with E-state index >= 15 is 0 Å². The van der Waals surface area contributed by atoms with Crippen LogP contribution in [0.4, 0.5) is 11.5 Å². The molecule has 2 aromatic heterocycles. The van der Waals surface area contributed by atoms with Gasteiger partial charge in [-0.25, -0.2) is 9.78 Å². The number of carbonyl (C=O) groups excluding carboxylic acids is 1. The van der Waals surface area contributed by atoms with Crippen LogP contribution in [-0.4, -0.2) is 73.7 Å². The van der Waals surface area contributed by atoms with Gasteiger partial charge in [-0.2, -0.15) is 0 Å². The van der Waals surface area contributed by atoms with Crippen molar-refractivity contribution in [3.63, 3.8) is 0 Å². The van der Waals surface area contributed by atoms with Crippen molar-refractivity contribution in [2.75, 3.05) is 63.4 Å². The Kier molecular flexibility index (Phi) is 10.5. The molecule has 0 aliphatic heterocycles. The maximum Gasteiger partial charge on any atom is 0.323 e. The lowest BCUT2D eigenvalue weighted by atomic mass is 10.1. The average molecular weight is 536 g/mol. The monoisotopic (exact) mass is 535 g/mol. The second-order valence-corrected chi connectivity index (χ2v) is 8.59. The number of nitrogens with one attached hydrogen (secondary N) is 4. The fourth-order valence-electron chi connectivity index (χ4n) is 3.73. The van der Waals surface area contributed by atoms with Crippen molar-refractivity contribution in [3.8, 4) is 16.9 Å². The minimum Gasteiger partial charge on any atom is -0.491 e. The number of aromatic nitrogens is 3. The van der Waals surface area contributed by atoms with Gasteiger partial charge in [0.15, 0.2) is 0 Å². The first-order valence-electron chi connectivity index (χ1n) is 12.7. The molecule has 1 amide bonds. The van der Waals surface area contributed by atoms with Crippen LogP contribution in [0.25, 0.3) is 22.2 Å². The first-order valence-corrected chi connectivity index (χ1v) is 12.7. The highest BCUT2D eigenvalue weighted by Crippen LogP contribution is 2.22. The number of ether oxygens (including phenoxy) is 4. The Morgan fingerprint density at radius 2 is 1.46 bits per heavy atom. The second-order valence-electron chi connectivity index (χ2n) is 8.59. The van der Waals surface area contributed by atoms with Crippen molar-refractivity contribution in [3.05, 3.63) is 71.3 Å². The van der Waals surface area contributed by atoms with E-state index in [1.165, 1.54) is 6.92 Å². The maximum absolute atomic E-state index is 11.4. The number of carbonyl (C=O) groups is 1. The molecule has 4 rings (SSSR count). The molecule has 0 atom stereocenters. The van der Waals surface area contributed by atoms with Gasteiger partial charge in [0, 0.05) is 30.9 Å². The van der Waals surface area contributed by atoms with Crippen LogP contribution in [0, 0.1) is 0 Å². The Hall–Kier alpha value is -4.19. The third kappa shape index (κ3) is 9.25. The van der Waals surface area contributed by atoms with Crippen LogP contribution in [0.15, 0.2) is 65.6 Å². The van der Waals surface area contributed by atoms with Gasteiger partial charge in [-0.3, -0.25) is 4.79 Å². The van der Waals surface area contributed by atoms with E-state index in [1.54, 1.807) is 30.5 Å². The molecular weight excluding hydrogens is 502 g/mol. The lowest BCUT2D eigenvalue weighted by molar-refractivity contribution is -0.114. The van der Waals surface area contributed by atoms with Crippen LogP contribution in [0.1, 0.15) is 6.92 Å². The first kappa shape index (κ1) is 27.8. The van der Waals surface area contributed by atoms with Crippen LogP contribution in [0.3, 0.4) is 0 Å². The number of anilines is 2.